The third-order valence-corrected chi connectivity index (χ3v) is 10.3. The first kappa shape index (κ1) is 31.0. The van der Waals surface area contributed by atoms with Crippen molar-refractivity contribution < 1.29 is 27.4 Å². The number of benzene rings is 1. The number of nitrogens with one attached hydrogen (secondary N) is 1. The number of amides is 1. The lowest BCUT2D eigenvalue weighted by Crippen LogP contribution is -2.42. The third kappa shape index (κ3) is 5.13. The van der Waals surface area contributed by atoms with Crippen LogP contribution >= 0.6 is 15.9 Å². The SMILES string of the molecule is Cn1cc(-c2c(Br)c3c(ncc4c3n([C@@H]3C[C@@H](O)[C@@H](NC(=O)OC(C)(C)C)C3)c(=O)n4C)n2S(=O)(=O)c2ccccc2)c(F)n1. The zero-order valence-corrected chi connectivity index (χ0v) is 27.4. The number of ether oxygens (including phenoxy) is 1. The summed E-state index contributed by atoms with van der Waals surface area (Å²) < 4.78 is 54.3. The summed E-state index contributed by atoms with van der Waals surface area (Å²) in [6.07, 6.45) is 1.37. The van der Waals surface area contributed by atoms with Crippen LogP contribution in [0.4, 0.5) is 9.18 Å². The zero-order valence-electron chi connectivity index (χ0n) is 25.0. The number of hydrogen-bond donors (Lipinski definition) is 2. The van der Waals surface area contributed by atoms with Crippen LogP contribution in [0.5, 0.6) is 0 Å². The molecule has 0 radical (unpaired) electrons. The van der Waals surface area contributed by atoms with Gasteiger partial charge in [-0.2, -0.15) is 4.39 Å². The van der Waals surface area contributed by atoms with Gasteiger partial charge in [-0.1, -0.05) is 18.2 Å². The topological polar surface area (TPSA) is 155 Å². The fourth-order valence-corrected chi connectivity index (χ4v) is 8.32. The molecule has 1 fully saturated rings. The van der Waals surface area contributed by atoms with Gasteiger partial charge in [0.15, 0.2) is 5.65 Å². The highest BCUT2D eigenvalue weighted by molar-refractivity contribution is 9.10. The standard InChI is InChI=1S/C29H31BrFN7O6S/c1-29(2,3)44-27(40)33-18-11-15(12-20(18)39)37-24-19(36(5)28(37)41)13-32-26-21(24)22(30)23(17-14-35(4)34-25(17)31)38(26)45(42,43)16-9-7-6-8-10-16/h6-10,13-15,18,20,39H,11-12H2,1-5H3,(H,33,40)/t15-,18-,20+/m0/s1. The molecule has 0 saturated heterocycles. The summed E-state index contributed by atoms with van der Waals surface area (Å²) in [5.74, 6) is -0.901. The van der Waals surface area contributed by atoms with Crippen molar-refractivity contribution in [3.8, 4) is 11.3 Å². The summed E-state index contributed by atoms with van der Waals surface area (Å²) in [5, 5.41) is 17.7. The summed E-state index contributed by atoms with van der Waals surface area (Å²) in [5.41, 5.74) is -0.660. The van der Waals surface area contributed by atoms with Gasteiger partial charge in [0.25, 0.3) is 10.0 Å². The molecule has 0 bridgehead atoms. The van der Waals surface area contributed by atoms with E-state index in [0.717, 1.165) is 3.97 Å². The molecule has 2 N–H and O–H groups in total. The highest BCUT2D eigenvalue weighted by atomic mass is 79.9. The van der Waals surface area contributed by atoms with Crippen LogP contribution < -0.4 is 11.0 Å². The van der Waals surface area contributed by atoms with Crippen LogP contribution in [-0.4, -0.2) is 65.2 Å². The number of aromatic nitrogens is 6. The van der Waals surface area contributed by atoms with Gasteiger partial charge in [0, 0.05) is 26.3 Å². The molecule has 45 heavy (non-hydrogen) atoms. The molecule has 1 aliphatic carbocycles. The minimum absolute atomic E-state index is 0.0437. The van der Waals surface area contributed by atoms with E-state index in [0.29, 0.717) is 11.0 Å². The molecule has 0 spiro atoms. The zero-order chi connectivity index (χ0) is 32.6. The smallest absolute Gasteiger partial charge is 0.407 e. The molecule has 0 aliphatic heterocycles. The monoisotopic (exact) mass is 703 g/mol. The van der Waals surface area contributed by atoms with Gasteiger partial charge in [0.1, 0.15) is 5.60 Å². The maximum Gasteiger partial charge on any atom is 0.407 e. The maximum absolute atomic E-state index is 15.3. The van der Waals surface area contributed by atoms with Gasteiger partial charge < -0.3 is 15.2 Å². The Morgan fingerprint density at radius 1 is 1.18 bits per heavy atom. The number of imidazole rings is 1. The van der Waals surface area contributed by atoms with Crippen LogP contribution in [0.1, 0.15) is 39.7 Å². The number of alkyl carbamates (subject to hydrolysis) is 1. The van der Waals surface area contributed by atoms with E-state index < -0.39 is 51.5 Å². The Balaban J connectivity index is 1.60. The van der Waals surface area contributed by atoms with Crippen molar-refractivity contribution in [1.29, 1.82) is 0 Å². The number of rotatable bonds is 5. The first-order valence-corrected chi connectivity index (χ1v) is 16.3. The van der Waals surface area contributed by atoms with Crippen molar-refractivity contribution in [2.24, 2.45) is 14.1 Å². The lowest BCUT2D eigenvalue weighted by atomic mass is 10.2. The van der Waals surface area contributed by atoms with E-state index >= 15 is 4.39 Å². The highest BCUT2D eigenvalue weighted by Gasteiger charge is 2.39. The van der Waals surface area contributed by atoms with Crippen molar-refractivity contribution in [1.82, 2.24) is 33.2 Å². The molecule has 5 aromatic rings. The second kappa shape index (κ2) is 10.8. The van der Waals surface area contributed by atoms with Gasteiger partial charge in [-0.15, -0.1) is 5.10 Å². The summed E-state index contributed by atoms with van der Waals surface area (Å²) >= 11 is 3.55. The molecular formula is C29H31BrFN7O6S. The Kier molecular flexibility index (Phi) is 7.44. The van der Waals surface area contributed by atoms with Gasteiger partial charge in [0.05, 0.1) is 55.4 Å². The first-order chi connectivity index (χ1) is 21.1. The number of aliphatic hydroxyl groups is 1. The second-order valence-electron chi connectivity index (χ2n) is 12.1. The number of carbonyl (C=O) groups is 1. The Labute approximate surface area is 265 Å². The molecular weight excluding hydrogens is 673 g/mol. The van der Waals surface area contributed by atoms with E-state index in [1.165, 1.54) is 45.4 Å². The fourth-order valence-electron chi connectivity index (χ4n) is 5.93. The van der Waals surface area contributed by atoms with E-state index in [1.807, 2.05) is 0 Å². The number of carbonyl (C=O) groups excluding carboxylic acids is 1. The molecule has 1 amide bonds. The van der Waals surface area contributed by atoms with Crippen LogP contribution in [0.3, 0.4) is 0 Å². The molecule has 4 heterocycles. The number of fused-ring (bicyclic) bond motifs is 3. The normalized spacial score (nSPS) is 19.1. The second-order valence-corrected chi connectivity index (χ2v) is 14.7. The molecule has 16 heteroatoms. The average molecular weight is 705 g/mol. The summed E-state index contributed by atoms with van der Waals surface area (Å²) in [7, 11) is -1.29. The molecule has 13 nitrogen and oxygen atoms in total. The number of halogens is 2. The van der Waals surface area contributed by atoms with Crippen LogP contribution in [0.25, 0.3) is 33.3 Å². The Morgan fingerprint density at radius 3 is 2.49 bits per heavy atom. The number of nitrogens with zero attached hydrogens (tertiary/aromatic N) is 6. The van der Waals surface area contributed by atoms with Gasteiger partial charge in [-0.25, -0.2) is 27.0 Å². The van der Waals surface area contributed by atoms with Crippen molar-refractivity contribution in [3.05, 3.63) is 63.6 Å². The molecule has 1 aromatic carbocycles. The van der Waals surface area contributed by atoms with Gasteiger partial charge in [0.2, 0.25) is 5.95 Å². The van der Waals surface area contributed by atoms with E-state index in [1.54, 1.807) is 46.0 Å². The first-order valence-electron chi connectivity index (χ1n) is 14.1. The van der Waals surface area contributed by atoms with E-state index in [9.17, 15) is 23.1 Å². The van der Waals surface area contributed by atoms with E-state index in [4.69, 9.17) is 4.74 Å². The average Bonchev–Trinajstić information content (AvgIpc) is 3.65. The number of aliphatic hydroxyl groups excluding tert-OH is 1. The van der Waals surface area contributed by atoms with Gasteiger partial charge in [-0.3, -0.25) is 13.8 Å². The number of pyridine rings is 1. The predicted octanol–water partition coefficient (Wildman–Crippen LogP) is 3.82. The van der Waals surface area contributed by atoms with E-state index in [-0.39, 0.29) is 44.5 Å². The molecule has 6 rings (SSSR count). The summed E-state index contributed by atoms with van der Waals surface area (Å²) in [6.45, 7) is 5.18. The molecule has 238 valence electrons. The maximum atomic E-state index is 15.3. The van der Waals surface area contributed by atoms with Crippen molar-refractivity contribution >= 4 is 54.1 Å². The van der Waals surface area contributed by atoms with Crippen LogP contribution in [0.15, 0.2) is 56.9 Å². The molecule has 4 aromatic heterocycles. The number of aryl methyl sites for hydroxylation is 2. The fraction of sp³-hybridized carbons (Fsp3) is 0.379. The van der Waals surface area contributed by atoms with Crippen molar-refractivity contribution in [2.75, 3.05) is 0 Å². The molecule has 0 unspecified atom stereocenters. The lowest BCUT2D eigenvalue weighted by molar-refractivity contribution is 0.0449. The summed E-state index contributed by atoms with van der Waals surface area (Å²) in [4.78, 5) is 30.7. The largest absolute Gasteiger partial charge is 0.444 e. The Hall–Kier alpha value is -4.02. The van der Waals surface area contributed by atoms with Crippen molar-refractivity contribution in [2.45, 2.75) is 62.3 Å². The van der Waals surface area contributed by atoms with Crippen LogP contribution in [-0.2, 0) is 28.9 Å². The Bertz CT molecular complexity index is 2150. The predicted molar refractivity (Wildman–Crippen MR) is 167 cm³/mol. The lowest BCUT2D eigenvalue weighted by Gasteiger charge is -2.23. The minimum Gasteiger partial charge on any atom is -0.444 e. The molecule has 3 atom stereocenters. The van der Waals surface area contributed by atoms with Gasteiger partial charge in [-0.05, 0) is 61.7 Å². The summed E-state index contributed by atoms with van der Waals surface area (Å²) in [6, 6.07) is 6.37. The van der Waals surface area contributed by atoms with E-state index in [2.05, 4.69) is 31.3 Å². The van der Waals surface area contributed by atoms with Crippen LogP contribution in [0.2, 0.25) is 0 Å². The quantitative estimate of drug-likeness (QED) is 0.280. The molecule has 1 saturated carbocycles. The number of hydrogen-bond acceptors (Lipinski definition) is 8. The minimum atomic E-state index is -4.36. The third-order valence-electron chi connectivity index (χ3n) is 7.82. The van der Waals surface area contributed by atoms with Crippen LogP contribution in [0, 0.1) is 5.95 Å². The Morgan fingerprint density at radius 2 is 1.87 bits per heavy atom. The van der Waals surface area contributed by atoms with Gasteiger partial charge >= 0.3 is 11.8 Å². The highest BCUT2D eigenvalue weighted by Crippen LogP contribution is 2.44. The molecule has 1 aliphatic rings. The van der Waals surface area contributed by atoms with Crippen molar-refractivity contribution in [3.63, 3.8) is 0 Å².